The van der Waals surface area contributed by atoms with Crippen molar-refractivity contribution in [3.8, 4) is 0 Å². The molecule has 1 rings (SSSR count). The Morgan fingerprint density at radius 1 is 1.11 bits per heavy atom. The van der Waals surface area contributed by atoms with E-state index in [0.29, 0.717) is 6.04 Å². The van der Waals surface area contributed by atoms with Crippen molar-refractivity contribution in [2.24, 2.45) is 11.8 Å². The Kier molecular flexibility index (Phi) is 8.45. The van der Waals surface area contributed by atoms with Crippen LogP contribution in [-0.4, -0.2) is 12.6 Å². The molecular formula is C18H35N. The van der Waals surface area contributed by atoms with Crippen LogP contribution in [0.15, 0.2) is 12.2 Å². The van der Waals surface area contributed by atoms with E-state index in [2.05, 4.69) is 32.7 Å². The lowest BCUT2D eigenvalue weighted by atomic mass is 9.75. The Morgan fingerprint density at radius 2 is 1.79 bits per heavy atom. The zero-order valence-corrected chi connectivity index (χ0v) is 13.5. The smallest absolute Gasteiger partial charge is 0.0132 e. The first-order chi connectivity index (χ1) is 9.21. The van der Waals surface area contributed by atoms with Gasteiger partial charge in [0.15, 0.2) is 0 Å². The van der Waals surface area contributed by atoms with Crippen LogP contribution in [0.3, 0.4) is 0 Å². The lowest BCUT2D eigenvalue weighted by Crippen LogP contribution is -2.38. The normalized spacial score (nSPS) is 25.2. The molecule has 1 aliphatic rings. The predicted molar refractivity (Wildman–Crippen MR) is 86.5 cm³/mol. The molecule has 19 heavy (non-hydrogen) atoms. The SMILES string of the molecule is C=C(CC)CC(NCCC)C1CCC(CCC)CC1. The second-order valence-electron chi connectivity index (χ2n) is 6.44. The van der Waals surface area contributed by atoms with Gasteiger partial charge in [0.2, 0.25) is 0 Å². The van der Waals surface area contributed by atoms with E-state index in [-0.39, 0.29) is 0 Å². The number of hydrogen-bond donors (Lipinski definition) is 1. The van der Waals surface area contributed by atoms with Crippen molar-refractivity contribution in [3.63, 3.8) is 0 Å². The van der Waals surface area contributed by atoms with Crippen LogP contribution in [0.2, 0.25) is 0 Å². The molecule has 0 bridgehead atoms. The lowest BCUT2D eigenvalue weighted by Gasteiger charge is -2.35. The van der Waals surface area contributed by atoms with Crippen molar-refractivity contribution < 1.29 is 0 Å². The summed E-state index contributed by atoms with van der Waals surface area (Å²) in [5.74, 6) is 1.91. The molecule has 0 aromatic carbocycles. The van der Waals surface area contributed by atoms with Crippen molar-refractivity contribution in [1.29, 1.82) is 0 Å². The number of hydrogen-bond acceptors (Lipinski definition) is 1. The van der Waals surface area contributed by atoms with Gasteiger partial charge in [0.1, 0.15) is 0 Å². The summed E-state index contributed by atoms with van der Waals surface area (Å²) in [5.41, 5.74) is 1.42. The maximum absolute atomic E-state index is 4.22. The Hall–Kier alpha value is -0.300. The van der Waals surface area contributed by atoms with Gasteiger partial charge in [0, 0.05) is 6.04 Å². The third-order valence-electron chi connectivity index (χ3n) is 4.82. The van der Waals surface area contributed by atoms with Gasteiger partial charge in [-0.2, -0.15) is 0 Å². The Labute approximate surface area is 121 Å². The summed E-state index contributed by atoms with van der Waals surface area (Å²) in [6, 6.07) is 0.690. The summed E-state index contributed by atoms with van der Waals surface area (Å²) >= 11 is 0. The monoisotopic (exact) mass is 265 g/mol. The Morgan fingerprint density at radius 3 is 2.32 bits per heavy atom. The van der Waals surface area contributed by atoms with E-state index < -0.39 is 0 Å². The minimum absolute atomic E-state index is 0.690. The first-order valence-electron chi connectivity index (χ1n) is 8.61. The van der Waals surface area contributed by atoms with Crippen molar-refractivity contribution in [2.45, 2.75) is 84.6 Å². The summed E-state index contributed by atoms with van der Waals surface area (Å²) < 4.78 is 0. The molecule has 0 spiro atoms. The van der Waals surface area contributed by atoms with Gasteiger partial charge in [-0.3, -0.25) is 0 Å². The molecule has 1 nitrogen and oxygen atoms in total. The Bertz CT molecular complexity index is 238. The summed E-state index contributed by atoms with van der Waals surface area (Å²) in [6.07, 6.45) is 12.2. The van der Waals surface area contributed by atoms with E-state index in [4.69, 9.17) is 0 Å². The second kappa shape index (κ2) is 9.58. The molecule has 1 heteroatoms. The van der Waals surface area contributed by atoms with Crippen LogP contribution < -0.4 is 5.32 Å². The number of nitrogens with one attached hydrogen (secondary N) is 1. The molecule has 1 saturated carbocycles. The molecule has 1 fully saturated rings. The van der Waals surface area contributed by atoms with Crippen molar-refractivity contribution in [3.05, 3.63) is 12.2 Å². The minimum Gasteiger partial charge on any atom is -0.313 e. The maximum atomic E-state index is 4.22. The zero-order chi connectivity index (χ0) is 14.1. The van der Waals surface area contributed by atoms with E-state index in [1.54, 1.807) is 0 Å². The average molecular weight is 265 g/mol. The quantitative estimate of drug-likeness (QED) is 0.556. The third-order valence-corrected chi connectivity index (χ3v) is 4.82. The molecule has 1 aliphatic carbocycles. The molecule has 0 aliphatic heterocycles. The summed E-state index contributed by atoms with van der Waals surface area (Å²) in [5, 5.41) is 3.79. The molecule has 0 amide bonds. The van der Waals surface area contributed by atoms with Crippen LogP contribution in [0, 0.1) is 11.8 Å². The standard InChI is InChI=1S/C18H35N/c1-5-8-16-9-11-17(12-10-16)18(19-13-6-2)14-15(4)7-3/h16-19H,4-14H2,1-3H3. The van der Waals surface area contributed by atoms with Gasteiger partial charge in [-0.1, -0.05) is 58.6 Å². The van der Waals surface area contributed by atoms with E-state index >= 15 is 0 Å². The topological polar surface area (TPSA) is 12.0 Å². The van der Waals surface area contributed by atoms with Crippen molar-refractivity contribution >= 4 is 0 Å². The van der Waals surface area contributed by atoms with E-state index in [9.17, 15) is 0 Å². The predicted octanol–water partition coefficient (Wildman–Crippen LogP) is 5.32. The van der Waals surface area contributed by atoms with Crippen molar-refractivity contribution in [1.82, 2.24) is 5.32 Å². The van der Waals surface area contributed by atoms with Crippen molar-refractivity contribution in [2.75, 3.05) is 6.54 Å². The molecule has 0 heterocycles. The fraction of sp³-hybridized carbons (Fsp3) is 0.889. The summed E-state index contributed by atoms with van der Waals surface area (Å²) in [7, 11) is 0. The number of rotatable bonds is 9. The van der Waals surface area contributed by atoms with Gasteiger partial charge in [0.05, 0.1) is 0 Å². The van der Waals surface area contributed by atoms with E-state index in [0.717, 1.165) is 24.8 Å². The second-order valence-corrected chi connectivity index (χ2v) is 6.44. The highest BCUT2D eigenvalue weighted by atomic mass is 14.9. The fourth-order valence-corrected chi connectivity index (χ4v) is 3.48. The average Bonchev–Trinajstić information content (AvgIpc) is 2.44. The fourth-order valence-electron chi connectivity index (χ4n) is 3.48. The molecule has 1 unspecified atom stereocenters. The molecule has 1 N–H and O–H groups in total. The van der Waals surface area contributed by atoms with Crippen LogP contribution in [-0.2, 0) is 0 Å². The zero-order valence-electron chi connectivity index (χ0n) is 13.5. The highest BCUT2D eigenvalue weighted by molar-refractivity contribution is 4.98. The van der Waals surface area contributed by atoms with E-state index in [1.807, 2.05) is 0 Å². The lowest BCUT2D eigenvalue weighted by molar-refractivity contribution is 0.212. The minimum atomic E-state index is 0.690. The van der Waals surface area contributed by atoms with E-state index in [1.165, 1.54) is 56.9 Å². The van der Waals surface area contributed by atoms with Crippen LogP contribution in [0.4, 0.5) is 0 Å². The van der Waals surface area contributed by atoms with Gasteiger partial charge in [-0.05, 0) is 50.5 Å². The summed E-state index contributed by atoms with van der Waals surface area (Å²) in [4.78, 5) is 0. The van der Waals surface area contributed by atoms with Gasteiger partial charge in [-0.15, -0.1) is 0 Å². The molecule has 0 aromatic heterocycles. The molecule has 0 aromatic rings. The maximum Gasteiger partial charge on any atom is 0.0132 e. The first kappa shape index (κ1) is 16.8. The first-order valence-corrected chi connectivity index (χ1v) is 8.61. The van der Waals surface area contributed by atoms with Crippen LogP contribution in [0.25, 0.3) is 0 Å². The molecular weight excluding hydrogens is 230 g/mol. The molecule has 112 valence electrons. The van der Waals surface area contributed by atoms with Gasteiger partial charge in [0.25, 0.3) is 0 Å². The van der Waals surface area contributed by atoms with Crippen LogP contribution in [0.5, 0.6) is 0 Å². The van der Waals surface area contributed by atoms with Gasteiger partial charge < -0.3 is 5.32 Å². The Balaban J connectivity index is 2.44. The molecule has 1 atom stereocenters. The van der Waals surface area contributed by atoms with Gasteiger partial charge in [-0.25, -0.2) is 0 Å². The van der Waals surface area contributed by atoms with Gasteiger partial charge >= 0.3 is 0 Å². The summed E-state index contributed by atoms with van der Waals surface area (Å²) in [6.45, 7) is 12.2. The van der Waals surface area contributed by atoms with Crippen LogP contribution >= 0.6 is 0 Å². The van der Waals surface area contributed by atoms with Crippen LogP contribution in [0.1, 0.15) is 78.6 Å². The molecule has 0 radical (unpaired) electrons. The molecule has 0 saturated heterocycles. The third kappa shape index (κ3) is 6.12. The largest absolute Gasteiger partial charge is 0.313 e. The highest BCUT2D eigenvalue weighted by Crippen LogP contribution is 2.34. The highest BCUT2D eigenvalue weighted by Gasteiger charge is 2.26.